The zero-order chi connectivity index (χ0) is 15.3. The van der Waals surface area contributed by atoms with Crippen molar-refractivity contribution < 1.29 is 8.42 Å². The van der Waals surface area contributed by atoms with Gasteiger partial charge in [0.2, 0.25) is 0 Å². The van der Waals surface area contributed by atoms with E-state index in [0.717, 1.165) is 18.8 Å². The van der Waals surface area contributed by atoms with Crippen LogP contribution in [0.2, 0.25) is 0 Å². The van der Waals surface area contributed by atoms with Crippen LogP contribution in [0.4, 0.5) is 0 Å². The average Bonchev–Trinajstić information content (AvgIpc) is 2.72. The molecular formula is C13H26N4O2S. The van der Waals surface area contributed by atoms with E-state index >= 15 is 0 Å². The Kier molecular flexibility index (Phi) is 6.16. The van der Waals surface area contributed by atoms with Gasteiger partial charge >= 0.3 is 0 Å². The number of aromatic nitrogens is 2. The van der Waals surface area contributed by atoms with Gasteiger partial charge in [-0.2, -0.15) is 4.31 Å². The van der Waals surface area contributed by atoms with Gasteiger partial charge in [-0.1, -0.05) is 6.92 Å². The first-order valence-electron chi connectivity index (χ1n) is 7.10. The number of sulfonamides is 1. The summed E-state index contributed by atoms with van der Waals surface area (Å²) in [5, 5.41) is 0.133. The Hall–Kier alpha value is -0.920. The van der Waals surface area contributed by atoms with Gasteiger partial charge in [-0.3, -0.25) is 0 Å². The fourth-order valence-electron chi connectivity index (χ4n) is 2.09. The minimum atomic E-state index is -3.55. The zero-order valence-corrected chi connectivity index (χ0v) is 13.7. The molecule has 0 atom stereocenters. The van der Waals surface area contributed by atoms with Crippen molar-refractivity contribution in [2.24, 2.45) is 5.73 Å². The van der Waals surface area contributed by atoms with E-state index < -0.39 is 10.0 Å². The maximum Gasteiger partial charge on any atom is 0.262 e. The quantitative estimate of drug-likeness (QED) is 0.786. The molecular weight excluding hydrogens is 276 g/mol. The Morgan fingerprint density at radius 2 is 2.10 bits per heavy atom. The predicted molar refractivity (Wildman–Crippen MR) is 80.0 cm³/mol. The SMILES string of the molecule is CCCn1cc(S(=O)(=O)N(CCCN)C(C)C)nc1C. The third-order valence-electron chi connectivity index (χ3n) is 3.15. The minimum Gasteiger partial charge on any atom is -0.334 e. The summed E-state index contributed by atoms with van der Waals surface area (Å²) in [6, 6.07) is -0.108. The maximum atomic E-state index is 12.7. The lowest BCUT2D eigenvalue weighted by molar-refractivity contribution is 0.350. The topological polar surface area (TPSA) is 81.2 Å². The van der Waals surface area contributed by atoms with E-state index in [2.05, 4.69) is 11.9 Å². The van der Waals surface area contributed by atoms with Crippen molar-refractivity contribution in [2.75, 3.05) is 13.1 Å². The molecule has 0 saturated heterocycles. The molecule has 7 heteroatoms. The molecule has 0 aromatic carbocycles. The Balaban J connectivity index is 3.09. The lowest BCUT2D eigenvalue weighted by atomic mass is 10.3. The Bertz CT molecular complexity index is 522. The Morgan fingerprint density at radius 3 is 2.60 bits per heavy atom. The molecule has 0 radical (unpaired) electrons. The van der Waals surface area contributed by atoms with Crippen LogP contribution in [0.25, 0.3) is 0 Å². The summed E-state index contributed by atoms with van der Waals surface area (Å²) >= 11 is 0. The molecule has 2 N–H and O–H groups in total. The molecule has 0 aliphatic rings. The van der Waals surface area contributed by atoms with E-state index in [1.807, 2.05) is 25.3 Å². The summed E-state index contributed by atoms with van der Waals surface area (Å²) < 4.78 is 28.7. The summed E-state index contributed by atoms with van der Waals surface area (Å²) in [5.74, 6) is 0.730. The smallest absolute Gasteiger partial charge is 0.262 e. The van der Waals surface area contributed by atoms with Gasteiger partial charge in [-0.25, -0.2) is 13.4 Å². The molecule has 0 fully saturated rings. The second-order valence-electron chi connectivity index (χ2n) is 5.17. The fourth-order valence-corrected chi connectivity index (χ4v) is 3.77. The third-order valence-corrected chi connectivity index (χ3v) is 5.10. The minimum absolute atomic E-state index is 0.108. The number of imidazole rings is 1. The molecule has 0 amide bonds. The van der Waals surface area contributed by atoms with Gasteiger partial charge in [0.25, 0.3) is 10.0 Å². The second-order valence-corrected chi connectivity index (χ2v) is 7.01. The molecule has 0 aliphatic heterocycles. The number of nitrogens with two attached hydrogens (primary N) is 1. The molecule has 0 spiro atoms. The van der Waals surface area contributed by atoms with E-state index in [0.29, 0.717) is 19.5 Å². The van der Waals surface area contributed by atoms with Gasteiger partial charge in [-0.05, 0) is 40.2 Å². The first-order valence-corrected chi connectivity index (χ1v) is 8.54. The van der Waals surface area contributed by atoms with Crippen LogP contribution >= 0.6 is 0 Å². The molecule has 1 aromatic rings. The van der Waals surface area contributed by atoms with Gasteiger partial charge in [0.05, 0.1) is 0 Å². The average molecular weight is 302 g/mol. The number of aryl methyl sites for hydroxylation is 2. The number of hydrogen-bond acceptors (Lipinski definition) is 4. The van der Waals surface area contributed by atoms with E-state index in [9.17, 15) is 8.42 Å². The van der Waals surface area contributed by atoms with Crippen LogP contribution in [0, 0.1) is 6.92 Å². The first kappa shape index (κ1) is 17.1. The summed E-state index contributed by atoms with van der Waals surface area (Å²) in [5.41, 5.74) is 5.49. The summed E-state index contributed by atoms with van der Waals surface area (Å²) in [6.45, 7) is 9.29. The largest absolute Gasteiger partial charge is 0.334 e. The van der Waals surface area contributed by atoms with Gasteiger partial charge in [-0.15, -0.1) is 0 Å². The van der Waals surface area contributed by atoms with Crippen LogP contribution in [-0.2, 0) is 16.6 Å². The van der Waals surface area contributed by atoms with Crippen molar-refractivity contribution >= 4 is 10.0 Å². The zero-order valence-electron chi connectivity index (χ0n) is 12.8. The van der Waals surface area contributed by atoms with Crippen LogP contribution in [0.15, 0.2) is 11.2 Å². The van der Waals surface area contributed by atoms with Crippen molar-refractivity contribution in [3.05, 3.63) is 12.0 Å². The molecule has 0 bridgehead atoms. The van der Waals surface area contributed by atoms with Crippen molar-refractivity contribution in [3.63, 3.8) is 0 Å². The lowest BCUT2D eigenvalue weighted by Crippen LogP contribution is -2.38. The molecule has 20 heavy (non-hydrogen) atoms. The van der Waals surface area contributed by atoms with Gasteiger partial charge < -0.3 is 10.3 Å². The van der Waals surface area contributed by atoms with E-state index in [4.69, 9.17) is 5.73 Å². The van der Waals surface area contributed by atoms with Crippen LogP contribution in [0.5, 0.6) is 0 Å². The highest BCUT2D eigenvalue weighted by molar-refractivity contribution is 7.89. The molecule has 0 unspecified atom stereocenters. The van der Waals surface area contributed by atoms with E-state index in [1.165, 1.54) is 4.31 Å². The van der Waals surface area contributed by atoms with Crippen molar-refractivity contribution in [3.8, 4) is 0 Å². The second kappa shape index (κ2) is 7.19. The van der Waals surface area contributed by atoms with Gasteiger partial charge in [0.15, 0.2) is 5.03 Å². The normalized spacial score (nSPS) is 12.6. The lowest BCUT2D eigenvalue weighted by Gasteiger charge is -2.24. The summed E-state index contributed by atoms with van der Waals surface area (Å²) in [4.78, 5) is 4.21. The maximum absolute atomic E-state index is 12.7. The summed E-state index contributed by atoms with van der Waals surface area (Å²) in [7, 11) is -3.55. The molecule has 0 saturated carbocycles. The fraction of sp³-hybridized carbons (Fsp3) is 0.769. The summed E-state index contributed by atoms with van der Waals surface area (Å²) in [6.07, 6.45) is 3.22. The van der Waals surface area contributed by atoms with Crippen LogP contribution in [-0.4, -0.2) is 41.4 Å². The van der Waals surface area contributed by atoms with Crippen molar-refractivity contribution in [2.45, 2.75) is 58.1 Å². The third kappa shape index (κ3) is 3.80. The highest BCUT2D eigenvalue weighted by Crippen LogP contribution is 2.18. The molecule has 6 nitrogen and oxygen atoms in total. The van der Waals surface area contributed by atoms with Crippen molar-refractivity contribution in [1.29, 1.82) is 0 Å². The van der Waals surface area contributed by atoms with Crippen molar-refractivity contribution in [1.82, 2.24) is 13.9 Å². The monoisotopic (exact) mass is 302 g/mol. The standard InChI is InChI=1S/C13H26N4O2S/c1-5-8-16-10-13(15-12(16)4)20(18,19)17(11(2)3)9-6-7-14/h10-11H,5-9,14H2,1-4H3. The Morgan fingerprint density at radius 1 is 1.45 bits per heavy atom. The molecule has 1 aromatic heterocycles. The van der Waals surface area contributed by atoms with E-state index in [-0.39, 0.29) is 11.1 Å². The molecule has 116 valence electrons. The highest BCUT2D eigenvalue weighted by Gasteiger charge is 2.29. The number of hydrogen-bond donors (Lipinski definition) is 1. The van der Waals surface area contributed by atoms with Gasteiger partial charge in [0, 0.05) is 25.3 Å². The molecule has 0 aliphatic carbocycles. The van der Waals surface area contributed by atoms with Crippen LogP contribution in [0.1, 0.15) is 39.4 Å². The Labute approximate surface area is 122 Å². The molecule has 1 rings (SSSR count). The first-order chi connectivity index (χ1) is 9.34. The number of nitrogens with zero attached hydrogens (tertiary/aromatic N) is 3. The molecule has 1 heterocycles. The van der Waals surface area contributed by atoms with Gasteiger partial charge in [0.1, 0.15) is 5.82 Å². The predicted octanol–water partition coefficient (Wildman–Crippen LogP) is 1.35. The number of rotatable bonds is 8. The van der Waals surface area contributed by atoms with E-state index in [1.54, 1.807) is 6.20 Å². The highest BCUT2D eigenvalue weighted by atomic mass is 32.2. The van der Waals surface area contributed by atoms with Crippen LogP contribution < -0.4 is 5.73 Å². The van der Waals surface area contributed by atoms with Crippen LogP contribution in [0.3, 0.4) is 0 Å².